The molecule has 3 nitrogen and oxygen atoms in total. The highest BCUT2D eigenvalue weighted by atomic mass is 16.5. The lowest BCUT2D eigenvalue weighted by atomic mass is 10.1. The molecule has 0 aliphatic rings. The molecule has 0 saturated heterocycles. The minimum Gasteiger partial charge on any atom is -0.493 e. The number of nitrogens with one attached hydrogen (secondary N) is 1. The van der Waals surface area contributed by atoms with Crippen LogP contribution in [0.3, 0.4) is 0 Å². The van der Waals surface area contributed by atoms with Crippen LogP contribution >= 0.6 is 0 Å². The summed E-state index contributed by atoms with van der Waals surface area (Å²) in [6.45, 7) is 9.02. The van der Waals surface area contributed by atoms with Crippen LogP contribution < -0.4 is 14.8 Å². The highest BCUT2D eigenvalue weighted by molar-refractivity contribution is 5.42. The second kappa shape index (κ2) is 7.98. The minimum absolute atomic E-state index is 0.655. The lowest BCUT2D eigenvalue weighted by Crippen LogP contribution is -2.16. The Morgan fingerprint density at radius 3 is 2.61 bits per heavy atom. The zero-order valence-electron chi connectivity index (χ0n) is 12.0. The molecular weight excluding hydrogens is 226 g/mol. The van der Waals surface area contributed by atoms with Gasteiger partial charge in [0.05, 0.1) is 13.7 Å². The predicted octanol–water partition coefficient (Wildman–Crippen LogP) is 3.23. The third-order valence-electron chi connectivity index (χ3n) is 2.76. The molecule has 0 spiro atoms. The summed E-state index contributed by atoms with van der Waals surface area (Å²) in [5.41, 5.74) is 1.22. The minimum atomic E-state index is 0.655. The topological polar surface area (TPSA) is 30.5 Å². The molecule has 0 unspecified atom stereocenters. The van der Waals surface area contributed by atoms with E-state index < -0.39 is 0 Å². The molecule has 1 rings (SSSR count). The van der Waals surface area contributed by atoms with Crippen LogP contribution in [-0.2, 0) is 6.54 Å². The summed E-state index contributed by atoms with van der Waals surface area (Å²) in [7, 11) is 1.67. The van der Waals surface area contributed by atoms with Crippen LogP contribution in [0.15, 0.2) is 18.2 Å². The van der Waals surface area contributed by atoms with Gasteiger partial charge in [-0.1, -0.05) is 19.9 Å². The molecule has 0 fully saturated rings. The molecule has 3 heteroatoms. The average Bonchev–Trinajstić information content (AvgIpc) is 2.36. The SMILES string of the molecule is CCOc1ccc(CNCCC(C)C)cc1OC. The van der Waals surface area contributed by atoms with E-state index in [9.17, 15) is 0 Å². The van der Waals surface area contributed by atoms with E-state index in [1.807, 2.05) is 19.1 Å². The molecular formula is C15H25NO2. The number of hydrogen-bond donors (Lipinski definition) is 1. The third-order valence-corrected chi connectivity index (χ3v) is 2.76. The molecule has 1 aromatic carbocycles. The maximum Gasteiger partial charge on any atom is 0.161 e. The van der Waals surface area contributed by atoms with Gasteiger partial charge in [-0.05, 0) is 43.5 Å². The van der Waals surface area contributed by atoms with Crippen molar-refractivity contribution in [2.24, 2.45) is 5.92 Å². The number of rotatable bonds is 8. The predicted molar refractivity (Wildman–Crippen MR) is 75.3 cm³/mol. The van der Waals surface area contributed by atoms with Crippen LogP contribution in [0.5, 0.6) is 11.5 Å². The van der Waals surface area contributed by atoms with Gasteiger partial charge >= 0.3 is 0 Å². The summed E-state index contributed by atoms with van der Waals surface area (Å²) in [5.74, 6) is 2.36. The highest BCUT2D eigenvalue weighted by Crippen LogP contribution is 2.27. The van der Waals surface area contributed by atoms with Gasteiger partial charge in [-0.2, -0.15) is 0 Å². The second-order valence-electron chi connectivity index (χ2n) is 4.78. The number of methoxy groups -OCH3 is 1. The van der Waals surface area contributed by atoms with Gasteiger partial charge in [0.1, 0.15) is 0 Å². The molecule has 0 heterocycles. The Balaban J connectivity index is 2.51. The fraction of sp³-hybridized carbons (Fsp3) is 0.600. The molecule has 0 aliphatic carbocycles. The Morgan fingerprint density at radius 2 is 2.00 bits per heavy atom. The molecule has 0 aliphatic heterocycles. The van der Waals surface area contributed by atoms with Crippen LogP contribution in [0.25, 0.3) is 0 Å². The number of benzene rings is 1. The third kappa shape index (κ3) is 4.96. The molecule has 0 saturated carbocycles. The Morgan fingerprint density at radius 1 is 1.22 bits per heavy atom. The second-order valence-corrected chi connectivity index (χ2v) is 4.78. The molecule has 0 atom stereocenters. The van der Waals surface area contributed by atoms with Crippen LogP contribution in [0, 0.1) is 5.92 Å². The standard InChI is InChI=1S/C15H25NO2/c1-5-18-14-7-6-13(10-15(14)17-4)11-16-9-8-12(2)3/h6-7,10,12,16H,5,8-9,11H2,1-4H3. The largest absolute Gasteiger partial charge is 0.493 e. The molecule has 1 N–H and O–H groups in total. The van der Waals surface area contributed by atoms with E-state index >= 15 is 0 Å². The lowest BCUT2D eigenvalue weighted by Gasteiger charge is -2.12. The van der Waals surface area contributed by atoms with Crippen molar-refractivity contribution >= 4 is 0 Å². The van der Waals surface area contributed by atoms with E-state index in [1.165, 1.54) is 12.0 Å². The highest BCUT2D eigenvalue weighted by Gasteiger charge is 2.05. The smallest absolute Gasteiger partial charge is 0.161 e. The van der Waals surface area contributed by atoms with E-state index in [1.54, 1.807) is 7.11 Å². The van der Waals surface area contributed by atoms with Crippen LogP contribution in [0.2, 0.25) is 0 Å². The average molecular weight is 251 g/mol. The molecule has 0 bridgehead atoms. The summed E-state index contributed by atoms with van der Waals surface area (Å²) in [6, 6.07) is 6.09. The first-order valence-corrected chi connectivity index (χ1v) is 6.67. The summed E-state index contributed by atoms with van der Waals surface area (Å²) >= 11 is 0. The van der Waals surface area contributed by atoms with E-state index in [-0.39, 0.29) is 0 Å². The molecule has 0 amide bonds. The van der Waals surface area contributed by atoms with E-state index in [0.717, 1.165) is 30.5 Å². The summed E-state index contributed by atoms with van der Waals surface area (Å²) in [5, 5.41) is 3.44. The van der Waals surface area contributed by atoms with Crippen LogP contribution in [0.1, 0.15) is 32.8 Å². The quantitative estimate of drug-likeness (QED) is 0.720. The Bertz CT molecular complexity index is 350. The molecule has 0 radical (unpaired) electrons. The van der Waals surface area contributed by atoms with Crippen molar-refractivity contribution in [1.29, 1.82) is 0 Å². The first-order chi connectivity index (χ1) is 8.67. The molecule has 18 heavy (non-hydrogen) atoms. The Labute approximate surface area is 110 Å². The van der Waals surface area contributed by atoms with Crippen molar-refractivity contribution in [2.45, 2.75) is 33.7 Å². The van der Waals surface area contributed by atoms with Gasteiger partial charge in [-0.25, -0.2) is 0 Å². The van der Waals surface area contributed by atoms with Crippen molar-refractivity contribution in [2.75, 3.05) is 20.3 Å². The van der Waals surface area contributed by atoms with Crippen molar-refractivity contribution in [3.8, 4) is 11.5 Å². The zero-order chi connectivity index (χ0) is 13.4. The molecule has 102 valence electrons. The lowest BCUT2D eigenvalue weighted by molar-refractivity contribution is 0.310. The van der Waals surface area contributed by atoms with Gasteiger partial charge in [-0.15, -0.1) is 0 Å². The van der Waals surface area contributed by atoms with Crippen molar-refractivity contribution in [3.05, 3.63) is 23.8 Å². The van der Waals surface area contributed by atoms with E-state index in [0.29, 0.717) is 6.61 Å². The monoisotopic (exact) mass is 251 g/mol. The van der Waals surface area contributed by atoms with Crippen molar-refractivity contribution < 1.29 is 9.47 Å². The number of ether oxygens (including phenoxy) is 2. The summed E-state index contributed by atoms with van der Waals surface area (Å²) in [6.07, 6.45) is 1.20. The number of hydrogen-bond acceptors (Lipinski definition) is 3. The van der Waals surface area contributed by atoms with E-state index in [4.69, 9.17) is 9.47 Å². The molecule has 0 aromatic heterocycles. The fourth-order valence-corrected chi connectivity index (χ4v) is 1.72. The molecule has 1 aromatic rings. The summed E-state index contributed by atoms with van der Waals surface area (Å²) < 4.78 is 10.8. The Hall–Kier alpha value is -1.22. The van der Waals surface area contributed by atoms with Crippen LogP contribution in [0.4, 0.5) is 0 Å². The maximum atomic E-state index is 5.49. The van der Waals surface area contributed by atoms with Gasteiger partial charge < -0.3 is 14.8 Å². The van der Waals surface area contributed by atoms with Gasteiger partial charge in [0.25, 0.3) is 0 Å². The van der Waals surface area contributed by atoms with Crippen molar-refractivity contribution in [1.82, 2.24) is 5.32 Å². The van der Waals surface area contributed by atoms with Crippen molar-refractivity contribution in [3.63, 3.8) is 0 Å². The Kier molecular flexibility index (Phi) is 6.58. The first kappa shape index (κ1) is 14.8. The normalized spacial score (nSPS) is 10.7. The fourth-order valence-electron chi connectivity index (χ4n) is 1.72. The van der Waals surface area contributed by atoms with Gasteiger partial charge in [0.2, 0.25) is 0 Å². The maximum absolute atomic E-state index is 5.49. The van der Waals surface area contributed by atoms with E-state index in [2.05, 4.69) is 25.2 Å². The zero-order valence-corrected chi connectivity index (χ0v) is 12.0. The summed E-state index contributed by atoms with van der Waals surface area (Å²) in [4.78, 5) is 0. The van der Waals surface area contributed by atoms with Crippen LogP contribution in [-0.4, -0.2) is 20.3 Å². The van der Waals surface area contributed by atoms with Gasteiger partial charge in [0, 0.05) is 6.54 Å². The van der Waals surface area contributed by atoms with Gasteiger partial charge in [-0.3, -0.25) is 0 Å². The first-order valence-electron chi connectivity index (χ1n) is 6.67. The van der Waals surface area contributed by atoms with Gasteiger partial charge in [0.15, 0.2) is 11.5 Å².